The average Bonchev–Trinajstić information content (AvgIpc) is 3.34. The van der Waals surface area contributed by atoms with Crippen LogP contribution in [0.3, 0.4) is 0 Å². The van der Waals surface area contributed by atoms with Crippen molar-refractivity contribution in [2.24, 2.45) is 0 Å². The van der Waals surface area contributed by atoms with Crippen LogP contribution < -0.4 is 5.32 Å². The van der Waals surface area contributed by atoms with Crippen LogP contribution in [0, 0.1) is 0 Å². The first-order chi connectivity index (χ1) is 13.1. The number of rotatable bonds is 6. The summed E-state index contributed by atoms with van der Waals surface area (Å²) in [4.78, 5) is 37.8. The standard InChI is InChI=1S/C19H20N2O5S/c1-13(22)21-15(12-27-18(21)16-8-5-9-25-16)19(24)26-11-17(23)20-10-14-6-3-2-4-7-14/h2-9,15,18H,10-12H2,1H3,(H,20,23)/t15-,18-/m0/s1. The van der Waals surface area contributed by atoms with Crippen LogP contribution in [0.1, 0.15) is 23.6 Å². The summed E-state index contributed by atoms with van der Waals surface area (Å²) in [7, 11) is 0. The zero-order chi connectivity index (χ0) is 19.2. The molecule has 142 valence electrons. The van der Waals surface area contributed by atoms with Gasteiger partial charge in [-0.05, 0) is 17.7 Å². The third kappa shape index (κ3) is 4.71. The van der Waals surface area contributed by atoms with Crippen LogP contribution in [-0.4, -0.2) is 41.1 Å². The first-order valence-corrected chi connectivity index (χ1v) is 9.52. The van der Waals surface area contributed by atoms with Crippen LogP contribution in [0.15, 0.2) is 53.1 Å². The highest BCUT2D eigenvalue weighted by Crippen LogP contribution is 2.41. The third-order valence-electron chi connectivity index (χ3n) is 4.10. The normalized spacial score (nSPS) is 18.9. The smallest absolute Gasteiger partial charge is 0.330 e. The van der Waals surface area contributed by atoms with Gasteiger partial charge in [-0.1, -0.05) is 30.3 Å². The van der Waals surface area contributed by atoms with Gasteiger partial charge >= 0.3 is 5.97 Å². The first-order valence-electron chi connectivity index (χ1n) is 8.47. The predicted octanol–water partition coefficient (Wildman–Crippen LogP) is 2.10. The van der Waals surface area contributed by atoms with Crippen molar-refractivity contribution in [2.45, 2.75) is 24.9 Å². The number of amides is 2. The summed E-state index contributed by atoms with van der Waals surface area (Å²) in [5.41, 5.74) is 0.952. The molecule has 1 fully saturated rings. The molecule has 0 unspecified atom stereocenters. The Morgan fingerprint density at radius 1 is 1.22 bits per heavy atom. The Morgan fingerprint density at radius 2 is 2.00 bits per heavy atom. The molecule has 2 atom stereocenters. The van der Waals surface area contributed by atoms with Gasteiger partial charge in [0.15, 0.2) is 6.61 Å². The molecule has 27 heavy (non-hydrogen) atoms. The molecule has 1 aromatic carbocycles. The third-order valence-corrected chi connectivity index (χ3v) is 5.38. The van der Waals surface area contributed by atoms with Gasteiger partial charge in [-0.3, -0.25) is 9.59 Å². The minimum atomic E-state index is -0.746. The SMILES string of the molecule is CC(=O)N1[C@H](C(=O)OCC(=O)NCc2ccccc2)CS[C@H]1c1ccco1. The second kappa shape index (κ2) is 8.77. The molecule has 2 amide bonds. The Hall–Kier alpha value is -2.74. The molecule has 1 N–H and O–H groups in total. The average molecular weight is 388 g/mol. The lowest BCUT2D eigenvalue weighted by Crippen LogP contribution is -2.43. The summed E-state index contributed by atoms with van der Waals surface area (Å²) >= 11 is 1.42. The maximum Gasteiger partial charge on any atom is 0.330 e. The summed E-state index contributed by atoms with van der Waals surface area (Å²) in [6.45, 7) is 1.37. The minimum absolute atomic E-state index is 0.253. The Labute approximate surface area is 161 Å². The summed E-state index contributed by atoms with van der Waals surface area (Å²) in [5.74, 6) is -0.255. The maximum absolute atomic E-state index is 12.4. The fourth-order valence-corrected chi connectivity index (χ4v) is 4.22. The van der Waals surface area contributed by atoms with E-state index in [2.05, 4.69) is 5.32 Å². The van der Waals surface area contributed by atoms with Crippen molar-refractivity contribution >= 4 is 29.5 Å². The molecule has 1 aromatic heterocycles. The highest BCUT2D eigenvalue weighted by atomic mass is 32.2. The van der Waals surface area contributed by atoms with Gasteiger partial charge in [0, 0.05) is 19.2 Å². The van der Waals surface area contributed by atoms with Crippen LogP contribution in [0.5, 0.6) is 0 Å². The van der Waals surface area contributed by atoms with Crippen molar-refractivity contribution in [2.75, 3.05) is 12.4 Å². The van der Waals surface area contributed by atoms with Crippen LogP contribution in [0.2, 0.25) is 0 Å². The van der Waals surface area contributed by atoms with Crippen LogP contribution >= 0.6 is 11.8 Å². The lowest BCUT2D eigenvalue weighted by Gasteiger charge is -2.25. The van der Waals surface area contributed by atoms with Gasteiger partial charge in [0.05, 0.1) is 6.26 Å². The molecule has 1 aliphatic rings. The summed E-state index contributed by atoms with van der Waals surface area (Å²) in [6.07, 6.45) is 1.52. The zero-order valence-corrected chi connectivity index (χ0v) is 15.6. The molecular weight excluding hydrogens is 368 g/mol. The Kier molecular flexibility index (Phi) is 6.18. The molecule has 1 saturated heterocycles. The van der Waals surface area contributed by atoms with Crippen molar-refractivity contribution in [3.63, 3.8) is 0 Å². The van der Waals surface area contributed by atoms with Gasteiger partial charge in [0.25, 0.3) is 5.91 Å². The molecular formula is C19H20N2O5S. The Morgan fingerprint density at radius 3 is 2.67 bits per heavy atom. The second-order valence-electron chi connectivity index (χ2n) is 6.01. The molecule has 0 radical (unpaired) electrons. The molecule has 3 rings (SSSR count). The summed E-state index contributed by atoms with van der Waals surface area (Å²) in [5, 5.41) is 2.32. The number of nitrogens with one attached hydrogen (secondary N) is 1. The second-order valence-corrected chi connectivity index (χ2v) is 7.13. The van der Waals surface area contributed by atoms with E-state index in [1.165, 1.54) is 29.8 Å². The number of nitrogens with zero attached hydrogens (tertiary/aromatic N) is 1. The lowest BCUT2D eigenvalue weighted by molar-refractivity contribution is -0.156. The fourth-order valence-electron chi connectivity index (χ4n) is 2.80. The highest BCUT2D eigenvalue weighted by molar-refractivity contribution is 7.99. The molecule has 8 heteroatoms. The van der Waals surface area contributed by atoms with E-state index in [9.17, 15) is 14.4 Å². The van der Waals surface area contributed by atoms with Crippen molar-refractivity contribution in [3.05, 3.63) is 60.1 Å². The first kappa shape index (κ1) is 19.0. The lowest BCUT2D eigenvalue weighted by atomic mass is 10.2. The number of hydrogen-bond acceptors (Lipinski definition) is 6. The van der Waals surface area contributed by atoms with Crippen LogP contribution in [0.25, 0.3) is 0 Å². The van der Waals surface area contributed by atoms with Gasteiger partial charge in [-0.25, -0.2) is 4.79 Å². The predicted molar refractivity (Wildman–Crippen MR) is 99.5 cm³/mol. The molecule has 1 aliphatic heterocycles. The number of esters is 1. The van der Waals surface area contributed by atoms with E-state index >= 15 is 0 Å². The van der Waals surface area contributed by atoms with Crippen molar-refractivity contribution in [1.82, 2.24) is 10.2 Å². The fraction of sp³-hybridized carbons (Fsp3) is 0.316. The van der Waals surface area contributed by atoms with E-state index in [4.69, 9.17) is 9.15 Å². The quantitative estimate of drug-likeness (QED) is 0.763. The van der Waals surface area contributed by atoms with Crippen molar-refractivity contribution in [3.8, 4) is 0 Å². The Bertz CT molecular complexity index is 794. The number of hydrogen-bond donors (Lipinski definition) is 1. The van der Waals surface area contributed by atoms with Crippen LogP contribution in [0.4, 0.5) is 0 Å². The number of carbonyl (C=O) groups excluding carboxylic acids is 3. The summed E-state index contributed by atoms with van der Waals surface area (Å²) < 4.78 is 10.5. The largest absolute Gasteiger partial charge is 0.466 e. The topological polar surface area (TPSA) is 88.8 Å². The van der Waals surface area contributed by atoms with E-state index in [1.54, 1.807) is 12.1 Å². The van der Waals surface area contributed by atoms with Crippen molar-refractivity contribution < 1.29 is 23.5 Å². The molecule has 2 aromatic rings. The van der Waals surface area contributed by atoms with E-state index in [1.807, 2.05) is 30.3 Å². The molecule has 2 heterocycles. The summed E-state index contributed by atoms with van der Waals surface area (Å²) in [6, 6.07) is 12.2. The number of carbonyl (C=O) groups is 3. The number of furan rings is 1. The van der Waals surface area contributed by atoms with E-state index in [0.717, 1.165) is 5.56 Å². The number of benzene rings is 1. The van der Waals surface area contributed by atoms with Gasteiger partial charge in [0.1, 0.15) is 17.2 Å². The van der Waals surface area contributed by atoms with Gasteiger partial charge in [0.2, 0.25) is 5.91 Å². The molecule has 7 nitrogen and oxygen atoms in total. The monoisotopic (exact) mass is 388 g/mol. The van der Waals surface area contributed by atoms with Gasteiger partial charge < -0.3 is 19.4 Å². The van der Waals surface area contributed by atoms with E-state index < -0.39 is 17.9 Å². The molecule has 0 spiro atoms. The highest BCUT2D eigenvalue weighted by Gasteiger charge is 2.43. The number of thioether (sulfide) groups is 1. The Balaban J connectivity index is 1.52. The molecule has 0 saturated carbocycles. The van der Waals surface area contributed by atoms with Gasteiger partial charge in [-0.15, -0.1) is 11.8 Å². The van der Waals surface area contributed by atoms with Crippen LogP contribution in [-0.2, 0) is 25.7 Å². The molecule has 0 aliphatic carbocycles. The van der Waals surface area contributed by atoms with Crippen molar-refractivity contribution in [1.29, 1.82) is 0 Å². The van der Waals surface area contributed by atoms with E-state index in [-0.39, 0.29) is 17.9 Å². The maximum atomic E-state index is 12.4. The zero-order valence-electron chi connectivity index (χ0n) is 14.8. The molecule has 0 bridgehead atoms. The van der Waals surface area contributed by atoms with Gasteiger partial charge in [-0.2, -0.15) is 0 Å². The van der Waals surface area contributed by atoms with E-state index in [0.29, 0.717) is 18.1 Å². The minimum Gasteiger partial charge on any atom is -0.466 e. The number of ether oxygens (including phenoxy) is 1.